The Bertz CT molecular complexity index is 727. The molecule has 2 aromatic carbocycles. The fourth-order valence-corrected chi connectivity index (χ4v) is 3.14. The second-order valence-corrected chi connectivity index (χ2v) is 7.05. The molecule has 0 aromatic heterocycles. The summed E-state index contributed by atoms with van der Waals surface area (Å²) in [6.45, 7) is 8.46. The van der Waals surface area contributed by atoms with Gasteiger partial charge in [-0.25, -0.2) is 0 Å². The fraction of sp³-hybridized carbons (Fsp3) is 0.320. The molecule has 0 amide bonds. The first kappa shape index (κ1) is 20.9. The van der Waals surface area contributed by atoms with Crippen molar-refractivity contribution in [2.24, 2.45) is 5.92 Å². The first-order chi connectivity index (χ1) is 13.1. The maximum absolute atomic E-state index is 13.0. The number of ether oxygens (including phenoxy) is 1. The maximum Gasteiger partial charge on any atom is 0.139 e. The van der Waals surface area contributed by atoms with Crippen LogP contribution in [0.15, 0.2) is 85.0 Å². The quantitative estimate of drug-likeness (QED) is 0.429. The van der Waals surface area contributed by atoms with Crippen molar-refractivity contribution in [3.63, 3.8) is 0 Å². The predicted molar refractivity (Wildman–Crippen MR) is 112 cm³/mol. The van der Waals surface area contributed by atoms with Crippen LogP contribution in [0.2, 0.25) is 0 Å². The van der Waals surface area contributed by atoms with E-state index in [2.05, 4.69) is 26.5 Å². The van der Waals surface area contributed by atoms with Gasteiger partial charge in [0.05, 0.1) is 18.6 Å². The SMILES string of the molecule is C=CC[C@@H](C(=O)CCC=C(C)C)[C@@H](OCc1ccccc1)c1ccccc1. The van der Waals surface area contributed by atoms with E-state index in [0.717, 1.165) is 17.5 Å². The molecule has 0 unspecified atom stereocenters. The molecule has 142 valence electrons. The van der Waals surface area contributed by atoms with E-state index in [4.69, 9.17) is 4.74 Å². The average molecular weight is 363 g/mol. The van der Waals surface area contributed by atoms with E-state index in [0.29, 0.717) is 19.4 Å². The molecule has 0 aliphatic rings. The van der Waals surface area contributed by atoms with Gasteiger partial charge in [0.15, 0.2) is 0 Å². The lowest BCUT2D eigenvalue weighted by atomic mass is 9.87. The molecule has 2 heteroatoms. The van der Waals surface area contributed by atoms with E-state index in [-0.39, 0.29) is 17.8 Å². The van der Waals surface area contributed by atoms with Gasteiger partial charge < -0.3 is 4.74 Å². The molecule has 2 aromatic rings. The molecule has 2 rings (SSSR count). The lowest BCUT2D eigenvalue weighted by Gasteiger charge is -2.26. The van der Waals surface area contributed by atoms with Crippen molar-refractivity contribution in [3.05, 3.63) is 96.1 Å². The Balaban J connectivity index is 2.20. The number of carbonyl (C=O) groups excluding carboxylic acids is 1. The minimum Gasteiger partial charge on any atom is -0.368 e. The Morgan fingerprint density at radius 2 is 1.67 bits per heavy atom. The highest BCUT2D eigenvalue weighted by Gasteiger charge is 2.28. The summed E-state index contributed by atoms with van der Waals surface area (Å²) in [4.78, 5) is 13.0. The average Bonchev–Trinajstić information content (AvgIpc) is 2.68. The third-order valence-corrected chi connectivity index (χ3v) is 4.54. The Morgan fingerprint density at radius 1 is 1.04 bits per heavy atom. The summed E-state index contributed by atoms with van der Waals surface area (Å²) in [6, 6.07) is 20.1. The minimum absolute atomic E-state index is 0.223. The summed E-state index contributed by atoms with van der Waals surface area (Å²) in [5, 5.41) is 0. The lowest BCUT2D eigenvalue weighted by Crippen LogP contribution is -2.24. The Labute approximate surface area is 163 Å². The molecule has 0 aliphatic carbocycles. The summed E-state index contributed by atoms with van der Waals surface area (Å²) >= 11 is 0. The van der Waals surface area contributed by atoms with Crippen LogP contribution in [0.5, 0.6) is 0 Å². The van der Waals surface area contributed by atoms with E-state index < -0.39 is 0 Å². The topological polar surface area (TPSA) is 26.3 Å². The van der Waals surface area contributed by atoms with Gasteiger partial charge in [-0.05, 0) is 37.8 Å². The van der Waals surface area contributed by atoms with Gasteiger partial charge in [-0.1, -0.05) is 78.4 Å². The second-order valence-electron chi connectivity index (χ2n) is 7.05. The monoisotopic (exact) mass is 362 g/mol. The van der Waals surface area contributed by atoms with Crippen molar-refractivity contribution in [2.45, 2.75) is 45.8 Å². The highest BCUT2D eigenvalue weighted by Crippen LogP contribution is 2.32. The largest absolute Gasteiger partial charge is 0.368 e. The number of Topliss-reactive ketones (excluding diaryl/α,β-unsaturated/α-hetero) is 1. The number of rotatable bonds is 11. The van der Waals surface area contributed by atoms with Crippen LogP contribution in [0.1, 0.15) is 50.3 Å². The minimum atomic E-state index is -0.274. The van der Waals surface area contributed by atoms with Crippen molar-refractivity contribution in [1.29, 1.82) is 0 Å². The maximum atomic E-state index is 13.0. The van der Waals surface area contributed by atoms with E-state index in [1.54, 1.807) is 0 Å². The van der Waals surface area contributed by atoms with Crippen molar-refractivity contribution >= 4 is 5.78 Å². The number of allylic oxidation sites excluding steroid dienone is 3. The highest BCUT2D eigenvalue weighted by atomic mass is 16.5. The van der Waals surface area contributed by atoms with Crippen LogP contribution in [0.4, 0.5) is 0 Å². The Kier molecular flexibility index (Phi) is 8.73. The number of hydrogen-bond donors (Lipinski definition) is 0. The third-order valence-electron chi connectivity index (χ3n) is 4.54. The molecular formula is C25H30O2. The third kappa shape index (κ3) is 6.99. The van der Waals surface area contributed by atoms with Crippen molar-refractivity contribution in [3.8, 4) is 0 Å². The van der Waals surface area contributed by atoms with Gasteiger partial charge in [-0.2, -0.15) is 0 Å². The molecule has 0 aliphatic heterocycles. The number of carbonyl (C=O) groups is 1. The fourth-order valence-electron chi connectivity index (χ4n) is 3.14. The molecular weight excluding hydrogens is 332 g/mol. The molecule has 0 bridgehead atoms. The van der Waals surface area contributed by atoms with Gasteiger partial charge >= 0.3 is 0 Å². The van der Waals surface area contributed by atoms with Crippen LogP contribution < -0.4 is 0 Å². The van der Waals surface area contributed by atoms with E-state index in [1.807, 2.05) is 66.7 Å². The van der Waals surface area contributed by atoms with Crippen LogP contribution in [-0.2, 0) is 16.1 Å². The van der Waals surface area contributed by atoms with Crippen LogP contribution in [0.3, 0.4) is 0 Å². The number of ketones is 1. The van der Waals surface area contributed by atoms with Crippen LogP contribution in [0.25, 0.3) is 0 Å². The normalized spacial score (nSPS) is 12.8. The van der Waals surface area contributed by atoms with Gasteiger partial charge in [0.1, 0.15) is 5.78 Å². The smallest absolute Gasteiger partial charge is 0.139 e. The van der Waals surface area contributed by atoms with Gasteiger partial charge in [0.25, 0.3) is 0 Å². The van der Waals surface area contributed by atoms with Crippen molar-refractivity contribution in [2.75, 3.05) is 0 Å². The second kappa shape index (κ2) is 11.3. The standard InChI is InChI=1S/C25H30O2/c1-4-12-23(24(26)18-11-13-20(2)3)25(22-16-9-6-10-17-22)27-19-21-14-7-5-8-15-21/h4-10,13-17,23,25H,1,11-12,18-19H2,2-3H3/t23-,25-/m0/s1. The van der Waals surface area contributed by atoms with E-state index in [9.17, 15) is 4.79 Å². The summed E-state index contributed by atoms with van der Waals surface area (Å²) in [6.07, 6.45) is 5.58. The van der Waals surface area contributed by atoms with Crippen molar-refractivity contribution in [1.82, 2.24) is 0 Å². The van der Waals surface area contributed by atoms with Gasteiger partial charge in [0, 0.05) is 6.42 Å². The van der Waals surface area contributed by atoms with Crippen LogP contribution >= 0.6 is 0 Å². The summed E-state index contributed by atoms with van der Waals surface area (Å²) < 4.78 is 6.29. The molecule has 2 nitrogen and oxygen atoms in total. The van der Waals surface area contributed by atoms with Gasteiger partial charge in [0.2, 0.25) is 0 Å². The summed E-state index contributed by atoms with van der Waals surface area (Å²) in [5.41, 5.74) is 3.38. The lowest BCUT2D eigenvalue weighted by molar-refractivity contribution is -0.129. The Morgan fingerprint density at radius 3 is 2.26 bits per heavy atom. The van der Waals surface area contributed by atoms with Gasteiger partial charge in [-0.15, -0.1) is 6.58 Å². The first-order valence-corrected chi connectivity index (χ1v) is 9.59. The molecule has 27 heavy (non-hydrogen) atoms. The molecule has 2 atom stereocenters. The van der Waals surface area contributed by atoms with E-state index in [1.165, 1.54) is 5.57 Å². The summed E-state index contributed by atoms with van der Waals surface area (Å²) in [5.74, 6) is 0.00786. The summed E-state index contributed by atoms with van der Waals surface area (Å²) in [7, 11) is 0. The van der Waals surface area contributed by atoms with Crippen molar-refractivity contribution < 1.29 is 9.53 Å². The predicted octanol–water partition coefficient (Wildman–Crippen LogP) is 6.45. The van der Waals surface area contributed by atoms with Gasteiger partial charge in [-0.3, -0.25) is 4.79 Å². The van der Waals surface area contributed by atoms with E-state index >= 15 is 0 Å². The van der Waals surface area contributed by atoms with Crippen LogP contribution in [0, 0.1) is 5.92 Å². The molecule has 0 fully saturated rings. The molecule has 0 saturated heterocycles. The highest BCUT2D eigenvalue weighted by molar-refractivity contribution is 5.82. The zero-order valence-electron chi connectivity index (χ0n) is 16.4. The molecule has 0 N–H and O–H groups in total. The molecule has 0 heterocycles. The zero-order valence-corrected chi connectivity index (χ0v) is 16.4. The molecule has 0 radical (unpaired) electrons. The van der Waals surface area contributed by atoms with Crippen LogP contribution in [-0.4, -0.2) is 5.78 Å². The number of benzene rings is 2. The molecule has 0 saturated carbocycles. The Hall–Kier alpha value is -2.45. The number of hydrogen-bond acceptors (Lipinski definition) is 2. The molecule has 0 spiro atoms. The first-order valence-electron chi connectivity index (χ1n) is 9.59. The zero-order chi connectivity index (χ0) is 19.5.